The van der Waals surface area contributed by atoms with Crippen LogP contribution < -0.4 is 10.1 Å². The van der Waals surface area contributed by atoms with Crippen molar-refractivity contribution < 1.29 is 19.4 Å². The number of ether oxygens (including phenoxy) is 1. The van der Waals surface area contributed by atoms with Crippen molar-refractivity contribution in [1.82, 2.24) is 10.2 Å². The molecule has 2 amide bonds. The van der Waals surface area contributed by atoms with Gasteiger partial charge in [0.15, 0.2) is 0 Å². The normalized spacial score (nSPS) is 24.5. The molecule has 2 N–H and O–H groups in total. The van der Waals surface area contributed by atoms with Gasteiger partial charge in [0.2, 0.25) is 11.8 Å². The molecule has 1 heterocycles. The summed E-state index contributed by atoms with van der Waals surface area (Å²) in [6.07, 6.45) is 2.83. The van der Waals surface area contributed by atoms with Crippen LogP contribution in [0.5, 0.6) is 5.75 Å². The molecule has 136 valence electrons. The second-order valence-corrected chi connectivity index (χ2v) is 7.19. The molecule has 25 heavy (non-hydrogen) atoms. The number of hydrogen-bond acceptors (Lipinski definition) is 4. The molecule has 1 aromatic carbocycles. The zero-order valence-corrected chi connectivity index (χ0v) is 14.9. The molecule has 0 bridgehead atoms. The predicted octanol–water partition coefficient (Wildman–Crippen LogP) is 1.22. The molecule has 1 unspecified atom stereocenters. The third kappa shape index (κ3) is 3.35. The fourth-order valence-electron chi connectivity index (χ4n) is 3.88. The molecular formula is C19H26N2O4. The topological polar surface area (TPSA) is 78.9 Å². The van der Waals surface area contributed by atoms with Gasteiger partial charge in [-0.1, -0.05) is 18.2 Å². The van der Waals surface area contributed by atoms with Crippen LogP contribution in [0.4, 0.5) is 0 Å². The molecule has 1 saturated heterocycles. The van der Waals surface area contributed by atoms with E-state index in [9.17, 15) is 14.7 Å². The number of rotatable bonds is 5. The van der Waals surface area contributed by atoms with Gasteiger partial charge in [0.25, 0.3) is 0 Å². The van der Waals surface area contributed by atoms with Gasteiger partial charge in [0.05, 0.1) is 24.5 Å². The zero-order chi connectivity index (χ0) is 18.1. The van der Waals surface area contributed by atoms with E-state index in [0.29, 0.717) is 19.4 Å². The smallest absolute Gasteiger partial charge is 0.233 e. The van der Waals surface area contributed by atoms with Crippen molar-refractivity contribution in [3.63, 3.8) is 0 Å². The fraction of sp³-hybridized carbons (Fsp3) is 0.579. The summed E-state index contributed by atoms with van der Waals surface area (Å²) in [5, 5.41) is 13.3. The fourth-order valence-corrected chi connectivity index (χ4v) is 3.88. The number of likely N-dealkylation sites (tertiary alicyclic amines) is 1. The van der Waals surface area contributed by atoms with Crippen LogP contribution >= 0.6 is 0 Å². The summed E-state index contributed by atoms with van der Waals surface area (Å²) in [4.78, 5) is 26.7. The first kappa shape index (κ1) is 17.7. The second kappa shape index (κ2) is 6.67. The van der Waals surface area contributed by atoms with Crippen LogP contribution in [0, 0.1) is 0 Å². The van der Waals surface area contributed by atoms with Gasteiger partial charge in [-0.2, -0.15) is 0 Å². The van der Waals surface area contributed by atoms with Crippen molar-refractivity contribution in [1.29, 1.82) is 0 Å². The molecule has 1 aliphatic heterocycles. The van der Waals surface area contributed by atoms with Crippen molar-refractivity contribution in [3.8, 4) is 5.75 Å². The lowest BCUT2D eigenvalue weighted by Gasteiger charge is -2.40. The van der Waals surface area contributed by atoms with Gasteiger partial charge < -0.3 is 20.1 Å². The average molecular weight is 346 g/mol. The number of methoxy groups -OCH3 is 1. The summed E-state index contributed by atoms with van der Waals surface area (Å²) in [5.41, 5.74) is -0.772. The monoisotopic (exact) mass is 346 g/mol. The largest absolute Gasteiger partial charge is 0.496 e. The third-order valence-electron chi connectivity index (χ3n) is 5.39. The highest BCUT2D eigenvalue weighted by Crippen LogP contribution is 2.52. The number of β-amino-alcohol motifs (C(OH)–C–C–N with tert-alkyl or cyclic N) is 1. The van der Waals surface area contributed by atoms with Crippen LogP contribution in [0.2, 0.25) is 0 Å². The molecule has 0 radical (unpaired) electrons. The van der Waals surface area contributed by atoms with E-state index in [4.69, 9.17) is 4.74 Å². The van der Waals surface area contributed by atoms with E-state index in [0.717, 1.165) is 24.2 Å². The molecule has 0 spiro atoms. The molecule has 2 fully saturated rings. The second-order valence-electron chi connectivity index (χ2n) is 7.19. The molecule has 1 aromatic rings. The number of para-hydroxylation sites is 1. The van der Waals surface area contributed by atoms with E-state index in [1.54, 1.807) is 19.1 Å². The highest BCUT2D eigenvalue weighted by Gasteiger charge is 2.55. The molecule has 1 atom stereocenters. The average Bonchev–Trinajstić information content (AvgIpc) is 3.42. The van der Waals surface area contributed by atoms with Gasteiger partial charge in [-0.05, 0) is 31.7 Å². The van der Waals surface area contributed by atoms with E-state index < -0.39 is 11.0 Å². The van der Waals surface area contributed by atoms with Gasteiger partial charge >= 0.3 is 0 Å². The Morgan fingerprint density at radius 3 is 2.64 bits per heavy atom. The molecule has 3 rings (SSSR count). The highest BCUT2D eigenvalue weighted by atomic mass is 16.5. The molecule has 1 saturated carbocycles. The summed E-state index contributed by atoms with van der Waals surface area (Å²) in [6, 6.07) is 7.64. The Hall–Kier alpha value is -2.08. The summed E-state index contributed by atoms with van der Waals surface area (Å²) >= 11 is 0. The van der Waals surface area contributed by atoms with E-state index in [-0.39, 0.29) is 24.8 Å². The first-order chi connectivity index (χ1) is 11.9. The molecule has 6 heteroatoms. The van der Waals surface area contributed by atoms with Crippen LogP contribution in [0.15, 0.2) is 24.3 Å². The zero-order valence-electron chi connectivity index (χ0n) is 14.9. The summed E-state index contributed by atoms with van der Waals surface area (Å²) in [7, 11) is 3.17. The number of nitrogens with zero attached hydrogens (tertiary/aromatic N) is 1. The van der Waals surface area contributed by atoms with E-state index in [1.165, 1.54) is 0 Å². The molecular weight excluding hydrogens is 320 g/mol. The van der Waals surface area contributed by atoms with Crippen LogP contribution in [0.1, 0.15) is 37.7 Å². The van der Waals surface area contributed by atoms with Crippen molar-refractivity contribution in [2.24, 2.45) is 0 Å². The number of carbonyl (C=O) groups is 2. The van der Waals surface area contributed by atoms with Gasteiger partial charge in [0.1, 0.15) is 5.75 Å². The number of benzene rings is 1. The Labute approximate surface area is 148 Å². The van der Waals surface area contributed by atoms with Gasteiger partial charge in [0, 0.05) is 25.7 Å². The maximum atomic E-state index is 13.3. The van der Waals surface area contributed by atoms with Crippen LogP contribution in [-0.2, 0) is 15.0 Å². The van der Waals surface area contributed by atoms with Crippen molar-refractivity contribution in [3.05, 3.63) is 29.8 Å². The lowest BCUT2D eigenvalue weighted by molar-refractivity contribution is -0.144. The van der Waals surface area contributed by atoms with Gasteiger partial charge in [-0.3, -0.25) is 9.59 Å². The quantitative estimate of drug-likeness (QED) is 0.840. The van der Waals surface area contributed by atoms with E-state index in [2.05, 4.69) is 5.32 Å². The molecule has 0 aromatic heterocycles. The molecule has 1 aliphatic carbocycles. The summed E-state index contributed by atoms with van der Waals surface area (Å²) in [5.74, 6) is 0.556. The van der Waals surface area contributed by atoms with E-state index in [1.807, 2.05) is 24.3 Å². The lowest BCUT2D eigenvalue weighted by atomic mass is 9.87. The van der Waals surface area contributed by atoms with Crippen molar-refractivity contribution in [2.75, 3.05) is 27.2 Å². The van der Waals surface area contributed by atoms with Gasteiger partial charge in [-0.15, -0.1) is 0 Å². The van der Waals surface area contributed by atoms with Crippen molar-refractivity contribution >= 4 is 11.8 Å². The van der Waals surface area contributed by atoms with Crippen molar-refractivity contribution in [2.45, 2.75) is 43.1 Å². The number of hydrogen-bond donors (Lipinski definition) is 2. The van der Waals surface area contributed by atoms with E-state index >= 15 is 0 Å². The maximum Gasteiger partial charge on any atom is 0.233 e. The SMILES string of the molecule is CNC(=O)CC1(O)CCCN(C(=O)C2(c3ccccc3OC)CC2)C1. The Kier molecular flexibility index (Phi) is 4.73. The maximum absolute atomic E-state index is 13.3. The van der Waals surface area contributed by atoms with Crippen LogP contribution in [-0.4, -0.2) is 54.7 Å². The first-order valence-corrected chi connectivity index (χ1v) is 8.80. The number of nitrogens with one attached hydrogen (secondary N) is 1. The Balaban J connectivity index is 1.79. The van der Waals surface area contributed by atoms with Gasteiger partial charge in [-0.25, -0.2) is 0 Å². The number of amides is 2. The molecule has 6 nitrogen and oxygen atoms in total. The number of aliphatic hydroxyl groups is 1. The van der Waals surface area contributed by atoms with Crippen LogP contribution in [0.3, 0.4) is 0 Å². The third-order valence-corrected chi connectivity index (χ3v) is 5.39. The summed E-state index contributed by atoms with van der Waals surface area (Å²) in [6.45, 7) is 0.821. The number of piperidine rings is 1. The minimum atomic E-state index is -1.15. The number of carbonyl (C=O) groups excluding carboxylic acids is 2. The Bertz CT molecular complexity index is 671. The standard InChI is InChI=1S/C19H26N2O4/c1-20-16(22)12-18(24)8-5-11-21(13-18)17(23)19(9-10-19)14-6-3-4-7-15(14)25-2/h3-4,6-7,24H,5,8-13H2,1-2H3,(H,20,22). The highest BCUT2D eigenvalue weighted by molar-refractivity contribution is 5.92. The Morgan fingerprint density at radius 2 is 2.00 bits per heavy atom. The lowest BCUT2D eigenvalue weighted by Crippen LogP contribution is -2.54. The minimum Gasteiger partial charge on any atom is -0.496 e. The molecule has 2 aliphatic rings. The minimum absolute atomic E-state index is 0.0228. The first-order valence-electron chi connectivity index (χ1n) is 8.80. The Morgan fingerprint density at radius 1 is 1.28 bits per heavy atom. The summed E-state index contributed by atoms with van der Waals surface area (Å²) < 4.78 is 5.44. The predicted molar refractivity (Wildman–Crippen MR) is 93.4 cm³/mol. The van der Waals surface area contributed by atoms with Crippen LogP contribution in [0.25, 0.3) is 0 Å².